The summed E-state index contributed by atoms with van der Waals surface area (Å²) in [6.07, 6.45) is -2.10. The molecule has 4 heterocycles. The number of carbonyl (C=O) groups is 1. The van der Waals surface area contributed by atoms with Crippen molar-refractivity contribution in [2.45, 2.75) is 92.2 Å². The molecule has 1 unspecified atom stereocenters. The van der Waals surface area contributed by atoms with E-state index in [-0.39, 0.29) is 11.4 Å². The molecule has 45 heavy (non-hydrogen) atoms. The van der Waals surface area contributed by atoms with Crippen LogP contribution in [0.5, 0.6) is 0 Å². The van der Waals surface area contributed by atoms with Crippen LogP contribution in [0.3, 0.4) is 0 Å². The second kappa shape index (κ2) is 11.9. The number of carboxylic acid groups (broad SMARTS) is 1. The summed E-state index contributed by atoms with van der Waals surface area (Å²) in [6, 6.07) is 6.98. The SMILES string of the molecule is Cc1nc(C)c(C(OC(C)(C)C)C(=O)O)c(N2CCC(C)(C)CC2)c1-c1ccc2c(c1)CCN(c1nccc(C(F)(F)F)n1)C2. The third-order valence-electron chi connectivity index (χ3n) is 8.69. The van der Waals surface area contributed by atoms with Gasteiger partial charge in [0.25, 0.3) is 0 Å². The fourth-order valence-corrected chi connectivity index (χ4v) is 6.29. The van der Waals surface area contributed by atoms with Gasteiger partial charge in [0.15, 0.2) is 6.10 Å². The lowest BCUT2D eigenvalue weighted by Gasteiger charge is -2.41. The molecule has 2 aliphatic rings. The van der Waals surface area contributed by atoms with E-state index in [1.807, 2.05) is 46.8 Å². The number of alkyl halides is 3. The average Bonchev–Trinajstić information content (AvgIpc) is 2.94. The third kappa shape index (κ3) is 7.08. The summed E-state index contributed by atoms with van der Waals surface area (Å²) in [5.74, 6) is -1.01. The van der Waals surface area contributed by atoms with Gasteiger partial charge in [0, 0.05) is 54.9 Å². The summed E-state index contributed by atoms with van der Waals surface area (Å²) >= 11 is 0. The minimum atomic E-state index is -4.54. The number of hydrogen-bond donors (Lipinski definition) is 1. The molecular formula is C34H42F3N5O3. The average molecular weight is 626 g/mol. The highest BCUT2D eigenvalue weighted by Gasteiger charge is 2.37. The van der Waals surface area contributed by atoms with Crippen LogP contribution in [0.15, 0.2) is 30.5 Å². The standard InChI is InChI=1S/C34H42F3N5O3/c1-20-26(23-8-9-24-19-42(15-11-22(24)18-23)31-38-14-10-25(40-31)34(35,36)37)28(41-16-12-33(6,7)13-17-41)27(21(2)39-20)29(30(43)44)45-32(3,4)5/h8-10,14,18,29H,11-13,15-17,19H2,1-7H3,(H,43,44). The number of rotatable bonds is 6. The smallest absolute Gasteiger partial charge is 0.433 e. The van der Waals surface area contributed by atoms with E-state index in [1.165, 1.54) is 0 Å². The largest absolute Gasteiger partial charge is 0.479 e. The van der Waals surface area contributed by atoms with Crippen molar-refractivity contribution >= 4 is 17.6 Å². The Hall–Kier alpha value is -3.73. The number of pyridine rings is 1. The fourth-order valence-electron chi connectivity index (χ4n) is 6.29. The maximum atomic E-state index is 13.3. The molecule has 1 saturated heterocycles. The van der Waals surface area contributed by atoms with E-state index in [0.717, 1.165) is 71.8 Å². The van der Waals surface area contributed by atoms with Crippen molar-refractivity contribution in [1.82, 2.24) is 15.0 Å². The van der Waals surface area contributed by atoms with E-state index in [0.29, 0.717) is 30.8 Å². The Morgan fingerprint density at radius 2 is 1.67 bits per heavy atom. The number of carboxylic acids is 1. The number of hydrogen-bond acceptors (Lipinski definition) is 7. The lowest BCUT2D eigenvalue weighted by molar-refractivity contribution is -0.160. The van der Waals surface area contributed by atoms with Crippen LogP contribution in [0.2, 0.25) is 0 Å². The number of halogens is 3. The lowest BCUT2D eigenvalue weighted by atomic mass is 9.81. The van der Waals surface area contributed by atoms with Crippen LogP contribution in [0.1, 0.15) is 87.3 Å². The van der Waals surface area contributed by atoms with Crippen LogP contribution in [-0.2, 0) is 28.7 Å². The van der Waals surface area contributed by atoms with Gasteiger partial charge in [-0.05, 0) is 82.1 Å². The van der Waals surface area contributed by atoms with Crippen LogP contribution in [0.4, 0.5) is 24.8 Å². The van der Waals surface area contributed by atoms with E-state index < -0.39 is 29.5 Å². The summed E-state index contributed by atoms with van der Waals surface area (Å²) in [5.41, 5.74) is 5.21. The summed E-state index contributed by atoms with van der Waals surface area (Å²) in [5, 5.41) is 10.4. The zero-order chi connectivity index (χ0) is 32.9. The summed E-state index contributed by atoms with van der Waals surface area (Å²) in [4.78, 5) is 29.6. The van der Waals surface area contributed by atoms with Gasteiger partial charge in [-0.2, -0.15) is 13.2 Å². The van der Waals surface area contributed by atoms with Crippen LogP contribution in [-0.4, -0.2) is 51.3 Å². The molecule has 3 aromatic rings. The van der Waals surface area contributed by atoms with Crippen LogP contribution in [0, 0.1) is 19.3 Å². The van der Waals surface area contributed by atoms with Crippen LogP contribution in [0.25, 0.3) is 11.1 Å². The molecular weight excluding hydrogens is 583 g/mol. The molecule has 0 saturated carbocycles. The second-order valence-electron chi connectivity index (χ2n) is 13.9. The number of aromatic nitrogens is 3. The molecule has 1 aromatic carbocycles. The van der Waals surface area contributed by atoms with Crippen molar-refractivity contribution < 1.29 is 27.8 Å². The molecule has 11 heteroatoms. The van der Waals surface area contributed by atoms with Gasteiger partial charge < -0.3 is 19.6 Å². The minimum absolute atomic E-state index is 0.0524. The Bertz CT molecular complexity index is 1590. The van der Waals surface area contributed by atoms with Gasteiger partial charge in [0.2, 0.25) is 5.95 Å². The summed E-state index contributed by atoms with van der Waals surface area (Å²) in [6.45, 7) is 16.3. The Morgan fingerprint density at radius 3 is 2.29 bits per heavy atom. The van der Waals surface area contributed by atoms with Crippen molar-refractivity contribution in [2.24, 2.45) is 5.41 Å². The first-order chi connectivity index (χ1) is 20.9. The Labute approximate surface area is 262 Å². The zero-order valence-electron chi connectivity index (χ0n) is 27.0. The van der Waals surface area contributed by atoms with Gasteiger partial charge in [-0.3, -0.25) is 4.98 Å². The Morgan fingerprint density at radius 1 is 0.978 bits per heavy atom. The van der Waals surface area contributed by atoms with Crippen molar-refractivity contribution in [3.63, 3.8) is 0 Å². The number of ether oxygens (including phenoxy) is 1. The van der Waals surface area contributed by atoms with Gasteiger partial charge in [0.05, 0.1) is 11.3 Å². The van der Waals surface area contributed by atoms with E-state index in [2.05, 4.69) is 34.8 Å². The number of piperidine rings is 1. The maximum absolute atomic E-state index is 13.3. The number of aryl methyl sites for hydroxylation is 2. The lowest BCUT2D eigenvalue weighted by Crippen LogP contribution is -2.39. The molecule has 5 rings (SSSR count). The minimum Gasteiger partial charge on any atom is -0.479 e. The molecule has 0 bridgehead atoms. The normalized spacial score (nSPS) is 17.6. The summed E-state index contributed by atoms with van der Waals surface area (Å²) < 4.78 is 46.1. The fraction of sp³-hybridized carbons (Fsp3) is 0.529. The molecule has 0 radical (unpaired) electrons. The van der Waals surface area contributed by atoms with Gasteiger partial charge in [-0.25, -0.2) is 14.8 Å². The van der Waals surface area contributed by atoms with E-state index in [4.69, 9.17) is 9.72 Å². The third-order valence-corrected chi connectivity index (χ3v) is 8.69. The zero-order valence-corrected chi connectivity index (χ0v) is 27.0. The van der Waals surface area contributed by atoms with E-state index in [9.17, 15) is 23.1 Å². The molecule has 242 valence electrons. The number of aliphatic carboxylic acids is 1. The van der Waals surface area contributed by atoms with Gasteiger partial charge in [-0.15, -0.1) is 0 Å². The van der Waals surface area contributed by atoms with E-state index in [1.54, 1.807) is 4.90 Å². The van der Waals surface area contributed by atoms with Crippen LogP contribution < -0.4 is 9.80 Å². The molecule has 0 spiro atoms. The Kier molecular flexibility index (Phi) is 8.63. The van der Waals surface area contributed by atoms with Crippen molar-refractivity contribution in [2.75, 3.05) is 29.4 Å². The first kappa shape index (κ1) is 32.7. The van der Waals surface area contributed by atoms with Crippen molar-refractivity contribution in [1.29, 1.82) is 0 Å². The number of benzene rings is 1. The highest BCUT2D eigenvalue weighted by atomic mass is 19.4. The number of anilines is 2. The second-order valence-corrected chi connectivity index (χ2v) is 13.9. The van der Waals surface area contributed by atoms with Crippen molar-refractivity contribution in [3.8, 4) is 11.1 Å². The van der Waals surface area contributed by atoms with Gasteiger partial charge in [-0.1, -0.05) is 32.0 Å². The molecule has 1 N–H and O–H groups in total. The quantitative estimate of drug-likeness (QED) is 0.305. The molecule has 1 fully saturated rings. The maximum Gasteiger partial charge on any atom is 0.433 e. The monoisotopic (exact) mass is 625 g/mol. The predicted octanol–water partition coefficient (Wildman–Crippen LogP) is 7.30. The predicted molar refractivity (Wildman–Crippen MR) is 167 cm³/mol. The molecule has 0 amide bonds. The van der Waals surface area contributed by atoms with E-state index >= 15 is 0 Å². The highest BCUT2D eigenvalue weighted by molar-refractivity contribution is 5.88. The first-order valence-electron chi connectivity index (χ1n) is 15.4. The molecule has 0 aliphatic carbocycles. The molecule has 2 aliphatic heterocycles. The number of nitrogens with zero attached hydrogens (tertiary/aromatic N) is 5. The topological polar surface area (TPSA) is 91.7 Å². The van der Waals surface area contributed by atoms with Crippen molar-refractivity contribution in [3.05, 3.63) is 64.2 Å². The Balaban J connectivity index is 1.59. The highest BCUT2D eigenvalue weighted by Crippen LogP contribution is 2.45. The summed E-state index contributed by atoms with van der Waals surface area (Å²) in [7, 11) is 0. The first-order valence-corrected chi connectivity index (χ1v) is 15.4. The molecule has 1 atom stereocenters. The molecule has 8 nitrogen and oxygen atoms in total. The van der Waals surface area contributed by atoms with Crippen LogP contribution >= 0.6 is 0 Å². The van der Waals surface area contributed by atoms with Gasteiger partial charge >= 0.3 is 12.1 Å². The number of fused-ring (bicyclic) bond motifs is 1. The van der Waals surface area contributed by atoms with Gasteiger partial charge in [0.1, 0.15) is 5.69 Å². The molecule has 2 aromatic heterocycles.